The van der Waals surface area contributed by atoms with Gasteiger partial charge in [-0.3, -0.25) is 0 Å². The lowest BCUT2D eigenvalue weighted by molar-refractivity contribution is 0.105. The van der Waals surface area contributed by atoms with Crippen molar-refractivity contribution < 1.29 is 9.53 Å². The SMILES string of the molecule is CCOC(=O)N1CCN(c2nc(NC3CCCC3)c3ccccc3n2)CC1. The zero-order valence-electron chi connectivity index (χ0n) is 15.9. The summed E-state index contributed by atoms with van der Waals surface area (Å²) >= 11 is 0. The first-order valence-electron chi connectivity index (χ1n) is 9.94. The summed E-state index contributed by atoms with van der Waals surface area (Å²) in [4.78, 5) is 25.5. The van der Waals surface area contributed by atoms with Gasteiger partial charge in [0.25, 0.3) is 0 Å². The number of amides is 1. The van der Waals surface area contributed by atoms with E-state index in [0.29, 0.717) is 38.8 Å². The van der Waals surface area contributed by atoms with Crippen molar-refractivity contribution in [3.63, 3.8) is 0 Å². The minimum atomic E-state index is -0.236. The Kier molecular flexibility index (Phi) is 5.27. The van der Waals surface area contributed by atoms with Crippen LogP contribution in [0.25, 0.3) is 10.9 Å². The molecule has 2 aromatic rings. The maximum Gasteiger partial charge on any atom is 0.409 e. The zero-order chi connectivity index (χ0) is 18.6. The number of nitrogens with zero attached hydrogens (tertiary/aromatic N) is 4. The Labute approximate surface area is 159 Å². The van der Waals surface area contributed by atoms with Crippen LogP contribution >= 0.6 is 0 Å². The maximum atomic E-state index is 11.9. The molecule has 2 fully saturated rings. The highest BCUT2D eigenvalue weighted by molar-refractivity contribution is 5.90. The fraction of sp³-hybridized carbons (Fsp3) is 0.550. The number of carbonyl (C=O) groups excluding carboxylic acids is 1. The molecule has 4 rings (SSSR count). The number of anilines is 2. The van der Waals surface area contributed by atoms with Crippen molar-refractivity contribution in [2.45, 2.75) is 38.6 Å². The third-order valence-corrected chi connectivity index (χ3v) is 5.38. The lowest BCUT2D eigenvalue weighted by Gasteiger charge is -2.34. The summed E-state index contributed by atoms with van der Waals surface area (Å²) in [7, 11) is 0. The van der Waals surface area contributed by atoms with Crippen molar-refractivity contribution in [1.82, 2.24) is 14.9 Å². The van der Waals surface area contributed by atoms with Crippen LogP contribution in [0.4, 0.5) is 16.6 Å². The molecule has 1 N–H and O–H groups in total. The number of nitrogens with one attached hydrogen (secondary N) is 1. The highest BCUT2D eigenvalue weighted by atomic mass is 16.6. The molecule has 7 nitrogen and oxygen atoms in total. The molecule has 0 bridgehead atoms. The predicted octanol–water partition coefficient (Wildman–Crippen LogP) is 3.26. The Morgan fingerprint density at radius 3 is 2.63 bits per heavy atom. The van der Waals surface area contributed by atoms with Gasteiger partial charge < -0.3 is 19.9 Å². The van der Waals surface area contributed by atoms with Crippen LogP contribution in [-0.2, 0) is 4.74 Å². The highest BCUT2D eigenvalue weighted by Crippen LogP contribution is 2.28. The van der Waals surface area contributed by atoms with Gasteiger partial charge in [0, 0.05) is 37.6 Å². The Bertz CT molecular complexity index is 798. The normalized spacial score (nSPS) is 18.1. The molecular formula is C20H27N5O2. The molecule has 1 saturated carbocycles. The molecule has 0 spiro atoms. The van der Waals surface area contributed by atoms with Crippen molar-refractivity contribution in [3.8, 4) is 0 Å². The Morgan fingerprint density at radius 1 is 1.15 bits per heavy atom. The van der Waals surface area contributed by atoms with Crippen molar-refractivity contribution in [2.75, 3.05) is 43.0 Å². The number of carbonyl (C=O) groups is 1. The molecule has 7 heteroatoms. The van der Waals surface area contributed by atoms with E-state index in [-0.39, 0.29) is 6.09 Å². The van der Waals surface area contributed by atoms with Gasteiger partial charge >= 0.3 is 6.09 Å². The minimum Gasteiger partial charge on any atom is -0.450 e. The summed E-state index contributed by atoms with van der Waals surface area (Å²) in [6.07, 6.45) is 4.73. The topological polar surface area (TPSA) is 70.6 Å². The molecule has 1 aromatic carbocycles. The third kappa shape index (κ3) is 3.91. The van der Waals surface area contributed by atoms with E-state index in [2.05, 4.69) is 16.3 Å². The van der Waals surface area contributed by atoms with E-state index in [0.717, 1.165) is 22.7 Å². The summed E-state index contributed by atoms with van der Waals surface area (Å²) in [5, 5.41) is 4.71. The number of benzene rings is 1. The molecule has 0 radical (unpaired) electrons. The average Bonchev–Trinajstić information content (AvgIpc) is 3.21. The first kappa shape index (κ1) is 17.8. The van der Waals surface area contributed by atoms with Crippen LogP contribution in [0.1, 0.15) is 32.6 Å². The predicted molar refractivity (Wildman–Crippen MR) is 106 cm³/mol. The number of hydrogen-bond acceptors (Lipinski definition) is 6. The van der Waals surface area contributed by atoms with Gasteiger partial charge in [-0.15, -0.1) is 0 Å². The van der Waals surface area contributed by atoms with E-state index in [1.54, 1.807) is 4.90 Å². The van der Waals surface area contributed by atoms with Crippen LogP contribution < -0.4 is 10.2 Å². The number of fused-ring (bicyclic) bond motifs is 1. The summed E-state index contributed by atoms with van der Waals surface area (Å²) in [6.45, 7) is 4.90. The average molecular weight is 369 g/mol. The van der Waals surface area contributed by atoms with E-state index in [1.807, 2.05) is 25.1 Å². The van der Waals surface area contributed by atoms with Gasteiger partial charge in [0.2, 0.25) is 5.95 Å². The Hall–Kier alpha value is -2.57. The number of rotatable bonds is 4. The lowest BCUT2D eigenvalue weighted by Crippen LogP contribution is -2.49. The van der Waals surface area contributed by atoms with Crippen LogP contribution in [-0.4, -0.2) is 59.8 Å². The van der Waals surface area contributed by atoms with Crippen molar-refractivity contribution in [1.29, 1.82) is 0 Å². The molecule has 1 amide bonds. The van der Waals surface area contributed by atoms with Crippen molar-refractivity contribution in [2.24, 2.45) is 0 Å². The fourth-order valence-corrected chi connectivity index (χ4v) is 3.88. The smallest absolute Gasteiger partial charge is 0.409 e. The Balaban J connectivity index is 1.54. The second-order valence-corrected chi connectivity index (χ2v) is 7.19. The summed E-state index contributed by atoms with van der Waals surface area (Å²) in [5.74, 6) is 1.66. The quantitative estimate of drug-likeness (QED) is 0.892. The van der Waals surface area contributed by atoms with Crippen LogP contribution in [0.5, 0.6) is 0 Å². The largest absolute Gasteiger partial charge is 0.450 e. The fourth-order valence-electron chi connectivity index (χ4n) is 3.88. The molecule has 27 heavy (non-hydrogen) atoms. The molecule has 2 heterocycles. The Morgan fingerprint density at radius 2 is 1.89 bits per heavy atom. The monoisotopic (exact) mass is 369 g/mol. The molecular weight excluding hydrogens is 342 g/mol. The standard InChI is InChI=1S/C20H27N5O2/c1-2-27-20(26)25-13-11-24(12-14-25)19-22-17-10-6-5-9-16(17)18(23-19)21-15-7-3-4-8-15/h5-6,9-10,15H,2-4,7-8,11-14H2,1H3,(H,21,22,23). The zero-order valence-corrected chi connectivity index (χ0v) is 15.9. The molecule has 144 valence electrons. The summed E-state index contributed by atoms with van der Waals surface area (Å²) in [6, 6.07) is 8.65. The van der Waals surface area contributed by atoms with Gasteiger partial charge in [-0.1, -0.05) is 25.0 Å². The molecule has 1 aliphatic carbocycles. The first-order valence-corrected chi connectivity index (χ1v) is 9.94. The van der Waals surface area contributed by atoms with Crippen LogP contribution in [0, 0.1) is 0 Å². The van der Waals surface area contributed by atoms with Gasteiger partial charge in [-0.2, -0.15) is 4.98 Å². The molecule has 1 aliphatic heterocycles. The van der Waals surface area contributed by atoms with E-state index in [1.165, 1.54) is 25.7 Å². The van der Waals surface area contributed by atoms with Gasteiger partial charge in [0.1, 0.15) is 5.82 Å². The molecule has 0 unspecified atom stereocenters. The molecule has 1 saturated heterocycles. The van der Waals surface area contributed by atoms with Gasteiger partial charge in [-0.25, -0.2) is 9.78 Å². The second-order valence-electron chi connectivity index (χ2n) is 7.19. The van der Waals surface area contributed by atoms with Gasteiger partial charge in [0.15, 0.2) is 0 Å². The van der Waals surface area contributed by atoms with E-state index in [9.17, 15) is 4.79 Å². The second kappa shape index (κ2) is 7.98. The third-order valence-electron chi connectivity index (χ3n) is 5.38. The number of ether oxygens (including phenoxy) is 1. The van der Waals surface area contributed by atoms with E-state index >= 15 is 0 Å². The lowest BCUT2D eigenvalue weighted by atomic mass is 10.2. The van der Waals surface area contributed by atoms with Crippen LogP contribution in [0.3, 0.4) is 0 Å². The molecule has 0 atom stereocenters. The minimum absolute atomic E-state index is 0.236. The van der Waals surface area contributed by atoms with Crippen LogP contribution in [0.2, 0.25) is 0 Å². The number of hydrogen-bond donors (Lipinski definition) is 1. The van der Waals surface area contributed by atoms with Gasteiger partial charge in [0.05, 0.1) is 12.1 Å². The van der Waals surface area contributed by atoms with Crippen molar-refractivity contribution >= 4 is 28.8 Å². The van der Waals surface area contributed by atoms with Gasteiger partial charge in [-0.05, 0) is 31.9 Å². The number of piperazine rings is 1. The number of aromatic nitrogens is 2. The summed E-state index contributed by atoms with van der Waals surface area (Å²) < 4.78 is 5.10. The number of para-hydroxylation sites is 1. The van der Waals surface area contributed by atoms with Crippen molar-refractivity contribution in [3.05, 3.63) is 24.3 Å². The maximum absolute atomic E-state index is 11.9. The molecule has 1 aromatic heterocycles. The first-order chi connectivity index (χ1) is 13.2. The summed E-state index contributed by atoms with van der Waals surface area (Å²) in [5.41, 5.74) is 0.954. The van der Waals surface area contributed by atoms with E-state index < -0.39 is 0 Å². The molecule has 2 aliphatic rings. The van der Waals surface area contributed by atoms with Crippen LogP contribution in [0.15, 0.2) is 24.3 Å². The van der Waals surface area contributed by atoms with E-state index in [4.69, 9.17) is 14.7 Å². The highest BCUT2D eigenvalue weighted by Gasteiger charge is 2.24.